The van der Waals surface area contributed by atoms with Gasteiger partial charge in [-0.25, -0.2) is 5.43 Å². The minimum atomic E-state index is 1.53. The zero-order valence-electron chi connectivity index (χ0n) is 3.86. The van der Waals surface area contributed by atoms with Crippen LogP contribution in [0.25, 0.3) is 0 Å². The van der Waals surface area contributed by atoms with E-state index in [2.05, 4.69) is 16.0 Å². The van der Waals surface area contributed by atoms with Gasteiger partial charge in [-0.1, -0.05) is 5.59 Å². The van der Waals surface area contributed by atoms with Gasteiger partial charge in [0.1, 0.15) is 0 Å². The lowest BCUT2D eigenvalue weighted by atomic mass is 11.5. The molecular formula is CH8N4O2. The molecule has 0 bridgehead atoms. The van der Waals surface area contributed by atoms with E-state index in [-0.39, 0.29) is 0 Å². The topological polar surface area (TPSA) is 77.6 Å². The van der Waals surface area contributed by atoms with E-state index in [1.54, 1.807) is 7.05 Å². The monoisotopic (exact) mass is 108 g/mol. The number of rotatable bonds is 4. The molecule has 0 unspecified atom stereocenters. The van der Waals surface area contributed by atoms with Crippen LogP contribution in [0, 0.1) is 0 Å². The van der Waals surface area contributed by atoms with Crippen LogP contribution in [0.1, 0.15) is 0 Å². The van der Waals surface area contributed by atoms with Crippen LogP contribution in [-0.4, -0.2) is 12.3 Å². The molecule has 0 aliphatic rings. The smallest absolute Gasteiger partial charge is 0.000779 e. The second-order valence-corrected chi connectivity index (χ2v) is 0.668. The maximum atomic E-state index is 7.74. The Bertz CT molecular complexity index is 28.9. The molecule has 0 radical (unpaired) electrons. The fourth-order valence-corrected chi connectivity index (χ4v) is 0.0994. The molecule has 0 aliphatic heterocycles. The highest BCUT2D eigenvalue weighted by Gasteiger charge is 1.71. The van der Waals surface area contributed by atoms with E-state index < -0.39 is 0 Å². The first-order valence-electron chi connectivity index (χ1n) is 1.63. The minimum absolute atomic E-state index is 1.53. The van der Waals surface area contributed by atoms with Crippen LogP contribution in [0.3, 0.4) is 0 Å². The first-order valence-corrected chi connectivity index (χ1v) is 1.63. The number of hydrogen-bond donors (Lipinski definition) is 5. The van der Waals surface area contributed by atoms with Crippen LogP contribution in [0.2, 0.25) is 0 Å². The summed E-state index contributed by atoms with van der Waals surface area (Å²) >= 11 is 0. The maximum absolute atomic E-state index is 7.74. The summed E-state index contributed by atoms with van der Waals surface area (Å²) in [6, 6.07) is 0. The highest BCUT2D eigenvalue weighted by Crippen LogP contribution is 1.37. The molecule has 0 amide bonds. The molecule has 0 aromatic rings. The van der Waals surface area contributed by atoms with Crippen molar-refractivity contribution < 1.29 is 10.1 Å². The highest BCUT2D eigenvalue weighted by atomic mass is 16.9. The zero-order valence-corrected chi connectivity index (χ0v) is 3.86. The number of nitrogens with one attached hydrogen (secondary N) is 4. The SMILES string of the molecule is CNNONNO. The molecule has 0 heterocycles. The molecule has 0 aromatic heterocycles. The quantitative estimate of drug-likeness (QED) is 0.213. The third-order valence-electron chi connectivity index (χ3n) is 0.250. The van der Waals surface area contributed by atoms with Crippen molar-refractivity contribution in [2.24, 2.45) is 0 Å². The Balaban J connectivity index is 2.45. The molecule has 6 heteroatoms. The second-order valence-electron chi connectivity index (χ2n) is 0.668. The van der Waals surface area contributed by atoms with Crippen LogP contribution in [0.4, 0.5) is 0 Å². The molecule has 0 fully saturated rings. The molecule has 7 heavy (non-hydrogen) atoms. The Morgan fingerprint density at radius 3 is 2.57 bits per heavy atom. The van der Waals surface area contributed by atoms with E-state index in [9.17, 15) is 0 Å². The summed E-state index contributed by atoms with van der Waals surface area (Å²) in [6.45, 7) is 0. The van der Waals surface area contributed by atoms with Gasteiger partial charge in [0.15, 0.2) is 0 Å². The van der Waals surface area contributed by atoms with Gasteiger partial charge in [0, 0.05) is 7.05 Å². The predicted molar refractivity (Wildman–Crippen MR) is 21.3 cm³/mol. The third kappa shape index (κ3) is 5.76. The summed E-state index contributed by atoms with van der Waals surface area (Å²) < 4.78 is 0. The van der Waals surface area contributed by atoms with E-state index in [1.807, 2.05) is 5.59 Å². The summed E-state index contributed by atoms with van der Waals surface area (Å²) in [4.78, 5) is 4.16. The van der Waals surface area contributed by atoms with Gasteiger partial charge < -0.3 is 0 Å². The van der Waals surface area contributed by atoms with Crippen molar-refractivity contribution in [3.8, 4) is 0 Å². The average molecular weight is 108 g/mol. The van der Waals surface area contributed by atoms with Gasteiger partial charge in [0.25, 0.3) is 0 Å². The van der Waals surface area contributed by atoms with Gasteiger partial charge in [0.2, 0.25) is 0 Å². The van der Waals surface area contributed by atoms with E-state index in [4.69, 9.17) is 5.21 Å². The van der Waals surface area contributed by atoms with Gasteiger partial charge in [0.05, 0.1) is 0 Å². The van der Waals surface area contributed by atoms with Crippen molar-refractivity contribution in [1.82, 2.24) is 22.2 Å². The second kappa shape index (κ2) is 5.76. The summed E-state index contributed by atoms with van der Waals surface area (Å²) in [5.74, 6) is 0. The van der Waals surface area contributed by atoms with E-state index in [0.29, 0.717) is 0 Å². The van der Waals surface area contributed by atoms with Crippen molar-refractivity contribution in [3.63, 3.8) is 0 Å². The molecule has 6 nitrogen and oxygen atoms in total. The minimum Gasteiger partial charge on any atom is -0.300 e. The van der Waals surface area contributed by atoms with Crippen LogP contribution in [-0.2, 0) is 4.94 Å². The molecule has 0 saturated carbocycles. The Kier molecular flexibility index (Phi) is 5.56. The molecular weight excluding hydrogens is 100 g/mol. The van der Waals surface area contributed by atoms with Crippen LogP contribution in [0.15, 0.2) is 0 Å². The van der Waals surface area contributed by atoms with Crippen molar-refractivity contribution >= 4 is 0 Å². The van der Waals surface area contributed by atoms with Crippen molar-refractivity contribution in [3.05, 3.63) is 0 Å². The van der Waals surface area contributed by atoms with Gasteiger partial charge in [-0.15, -0.1) is 11.2 Å². The van der Waals surface area contributed by atoms with E-state index in [0.717, 1.165) is 0 Å². The highest BCUT2D eigenvalue weighted by molar-refractivity contribution is 3.90. The van der Waals surface area contributed by atoms with Crippen LogP contribution < -0.4 is 22.2 Å². The third-order valence-corrected chi connectivity index (χ3v) is 0.250. The summed E-state index contributed by atoms with van der Waals surface area (Å²) in [5.41, 5.74) is 7.99. The lowest BCUT2D eigenvalue weighted by Gasteiger charge is -1.99. The lowest BCUT2D eigenvalue weighted by molar-refractivity contribution is -0.132. The van der Waals surface area contributed by atoms with Gasteiger partial charge in [-0.3, -0.25) is 5.21 Å². The summed E-state index contributed by atoms with van der Waals surface area (Å²) in [6.07, 6.45) is 0. The molecule has 0 saturated heterocycles. The van der Waals surface area contributed by atoms with E-state index >= 15 is 0 Å². The van der Waals surface area contributed by atoms with E-state index in [1.165, 1.54) is 5.59 Å². The molecule has 0 spiro atoms. The van der Waals surface area contributed by atoms with Gasteiger partial charge in [-0.05, 0) is 0 Å². The lowest BCUT2D eigenvalue weighted by Crippen LogP contribution is -2.39. The van der Waals surface area contributed by atoms with Gasteiger partial charge in [-0.2, -0.15) is 4.94 Å². The normalized spacial score (nSPS) is 9.43. The largest absolute Gasteiger partial charge is 0.300 e. The number of hydrazine groups is 2. The Morgan fingerprint density at radius 1 is 1.43 bits per heavy atom. The Morgan fingerprint density at radius 2 is 2.14 bits per heavy atom. The number of hydrogen-bond acceptors (Lipinski definition) is 6. The first kappa shape index (κ1) is 6.76. The van der Waals surface area contributed by atoms with Crippen LogP contribution >= 0.6 is 0 Å². The molecule has 0 aliphatic carbocycles. The molecule has 0 aromatic carbocycles. The van der Waals surface area contributed by atoms with Crippen LogP contribution in [0.5, 0.6) is 0 Å². The van der Waals surface area contributed by atoms with Crippen molar-refractivity contribution in [2.45, 2.75) is 0 Å². The van der Waals surface area contributed by atoms with Crippen molar-refractivity contribution in [1.29, 1.82) is 0 Å². The molecule has 5 N–H and O–H groups in total. The average Bonchev–Trinajstić information content (AvgIpc) is 1.69. The molecule has 0 atom stereocenters. The Labute approximate surface area is 40.6 Å². The summed E-state index contributed by atoms with van der Waals surface area (Å²) in [7, 11) is 1.61. The fourth-order valence-electron chi connectivity index (χ4n) is 0.0994. The Hall–Kier alpha value is -0.240. The standard InChI is InChI=1S/CH8N4O2/c1-2-4-7-5-3-6/h2-6H,1H3. The zero-order chi connectivity index (χ0) is 5.54. The van der Waals surface area contributed by atoms with Crippen molar-refractivity contribution in [2.75, 3.05) is 7.05 Å². The molecule has 44 valence electrons. The predicted octanol–water partition coefficient (Wildman–Crippen LogP) is -1.96. The first-order chi connectivity index (χ1) is 3.41. The van der Waals surface area contributed by atoms with Gasteiger partial charge >= 0.3 is 0 Å². The summed E-state index contributed by atoms with van der Waals surface area (Å²) in [5, 5.41) is 7.74. The maximum Gasteiger partial charge on any atom is 0.000779 e. The molecule has 0 rings (SSSR count). The fraction of sp³-hybridized carbons (Fsp3) is 1.00.